The molecule has 0 atom stereocenters. The molecule has 152 valence electrons. The lowest BCUT2D eigenvalue weighted by atomic mass is 10.3. The molecule has 1 amide bonds. The maximum atomic E-state index is 13.0. The molecule has 0 radical (unpaired) electrons. The number of carbonyl (C=O) groups excluding carboxylic acids is 1. The molecule has 0 spiro atoms. The largest absolute Gasteiger partial charge is 0.494 e. The van der Waals surface area contributed by atoms with E-state index in [0.29, 0.717) is 34.4 Å². The quantitative estimate of drug-likeness (QED) is 0.476. The first-order valence-corrected chi connectivity index (χ1v) is 10.7. The molecule has 0 unspecified atom stereocenters. The molecule has 0 bridgehead atoms. The number of nitrogens with zero attached hydrogens (tertiary/aromatic N) is 3. The van der Waals surface area contributed by atoms with E-state index in [9.17, 15) is 4.79 Å². The molecule has 3 rings (SSSR count). The van der Waals surface area contributed by atoms with Crippen LogP contribution in [0.4, 0.5) is 5.13 Å². The van der Waals surface area contributed by atoms with Gasteiger partial charge in [0.05, 0.1) is 23.3 Å². The van der Waals surface area contributed by atoms with Gasteiger partial charge in [0.15, 0.2) is 5.13 Å². The number of aromatic nitrogens is 1. The lowest BCUT2D eigenvalue weighted by molar-refractivity contribution is -0.118. The third-order valence-corrected chi connectivity index (χ3v) is 6.51. The van der Waals surface area contributed by atoms with Gasteiger partial charge in [-0.2, -0.15) is 0 Å². The van der Waals surface area contributed by atoms with Gasteiger partial charge in [-0.3, -0.25) is 9.69 Å². The molecule has 0 saturated heterocycles. The van der Waals surface area contributed by atoms with Gasteiger partial charge in [-0.25, -0.2) is 4.98 Å². The lowest BCUT2D eigenvalue weighted by Gasteiger charge is -2.20. The molecule has 28 heavy (non-hydrogen) atoms. The fraction of sp³-hybridized carbons (Fsp3) is 0.368. The second-order valence-corrected chi connectivity index (χ2v) is 8.80. The zero-order valence-electron chi connectivity index (χ0n) is 16.0. The molecule has 0 fully saturated rings. The zero-order chi connectivity index (χ0) is 19.4. The highest BCUT2D eigenvalue weighted by Gasteiger charge is 2.22. The smallest absolute Gasteiger partial charge is 0.234 e. The van der Waals surface area contributed by atoms with Crippen LogP contribution in [0.15, 0.2) is 29.6 Å². The molecule has 5 nitrogen and oxygen atoms in total. The molecule has 2 aromatic heterocycles. The van der Waals surface area contributed by atoms with Gasteiger partial charge in [-0.15, -0.1) is 23.7 Å². The predicted octanol–water partition coefficient (Wildman–Crippen LogP) is 4.97. The minimum Gasteiger partial charge on any atom is -0.494 e. The maximum Gasteiger partial charge on any atom is 0.234 e. The average Bonchev–Trinajstić information content (AvgIpc) is 3.29. The maximum absolute atomic E-state index is 13.0. The third-order valence-electron chi connectivity index (χ3n) is 4.09. The Hall–Kier alpha value is -1.38. The van der Waals surface area contributed by atoms with Crippen LogP contribution >= 0.6 is 46.7 Å². The Kier molecular flexibility index (Phi) is 8.52. The molecule has 2 heterocycles. The van der Waals surface area contributed by atoms with Crippen molar-refractivity contribution in [3.63, 3.8) is 0 Å². The van der Waals surface area contributed by atoms with E-state index < -0.39 is 0 Å². The van der Waals surface area contributed by atoms with Crippen LogP contribution in [0, 0.1) is 0 Å². The Morgan fingerprint density at radius 2 is 2.04 bits per heavy atom. The van der Waals surface area contributed by atoms with E-state index in [2.05, 4.69) is 4.90 Å². The van der Waals surface area contributed by atoms with Gasteiger partial charge in [0, 0.05) is 11.4 Å². The van der Waals surface area contributed by atoms with E-state index in [-0.39, 0.29) is 18.3 Å². The number of hydrogen-bond donors (Lipinski definition) is 0. The molecular formula is C19H23Cl2N3O2S2. The number of anilines is 1. The minimum atomic E-state index is 0. The lowest BCUT2D eigenvalue weighted by Crippen LogP contribution is -2.34. The first-order chi connectivity index (χ1) is 13.0. The SMILES string of the molecule is COc1ccc(Cl)c2sc(N(CCCN(C)C)C(=O)Cc3cccs3)nc12.Cl. The fourth-order valence-corrected chi connectivity index (χ4v) is 4.75. The Bertz CT molecular complexity index is 913. The van der Waals surface area contributed by atoms with Crippen molar-refractivity contribution in [3.05, 3.63) is 39.5 Å². The summed E-state index contributed by atoms with van der Waals surface area (Å²) in [4.78, 5) is 22.7. The highest BCUT2D eigenvalue weighted by Crippen LogP contribution is 2.39. The summed E-state index contributed by atoms with van der Waals surface area (Å²) in [6, 6.07) is 7.55. The number of methoxy groups -OCH3 is 1. The van der Waals surface area contributed by atoms with E-state index in [1.54, 1.807) is 35.5 Å². The first kappa shape index (κ1) is 22.9. The summed E-state index contributed by atoms with van der Waals surface area (Å²) in [7, 11) is 5.67. The van der Waals surface area contributed by atoms with Gasteiger partial charge >= 0.3 is 0 Å². The summed E-state index contributed by atoms with van der Waals surface area (Å²) in [5.41, 5.74) is 0.700. The molecule has 0 N–H and O–H groups in total. The number of benzene rings is 1. The number of ether oxygens (including phenoxy) is 1. The van der Waals surface area contributed by atoms with Crippen LogP contribution in [0.1, 0.15) is 11.3 Å². The van der Waals surface area contributed by atoms with Gasteiger partial charge in [0.1, 0.15) is 11.3 Å². The number of halogens is 2. The average molecular weight is 460 g/mol. The van der Waals surface area contributed by atoms with Crippen molar-refractivity contribution in [2.75, 3.05) is 39.2 Å². The molecule has 9 heteroatoms. The number of fused-ring (bicyclic) bond motifs is 1. The Morgan fingerprint density at radius 1 is 1.25 bits per heavy atom. The topological polar surface area (TPSA) is 45.7 Å². The molecule has 3 aromatic rings. The van der Waals surface area contributed by atoms with Gasteiger partial charge in [0.2, 0.25) is 5.91 Å². The Labute approximate surface area is 184 Å². The van der Waals surface area contributed by atoms with Gasteiger partial charge in [-0.05, 0) is 50.6 Å². The summed E-state index contributed by atoms with van der Waals surface area (Å²) in [5, 5.41) is 3.27. The van der Waals surface area contributed by atoms with E-state index in [1.807, 2.05) is 31.6 Å². The number of hydrogen-bond acceptors (Lipinski definition) is 6. The normalized spacial score (nSPS) is 10.9. The Morgan fingerprint density at radius 3 is 2.68 bits per heavy atom. The van der Waals surface area contributed by atoms with Crippen molar-refractivity contribution >= 4 is 67.9 Å². The number of rotatable bonds is 8. The van der Waals surface area contributed by atoms with Crippen LogP contribution in [0.3, 0.4) is 0 Å². The van der Waals surface area contributed by atoms with Crippen molar-refractivity contribution in [1.82, 2.24) is 9.88 Å². The summed E-state index contributed by atoms with van der Waals surface area (Å²) >= 11 is 9.38. The second-order valence-electron chi connectivity index (χ2n) is 6.38. The summed E-state index contributed by atoms with van der Waals surface area (Å²) in [6.07, 6.45) is 1.24. The Balaban J connectivity index is 0.00000280. The van der Waals surface area contributed by atoms with Crippen LogP contribution in [-0.2, 0) is 11.2 Å². The van der Waals surface area contributed by atoms with Crippen LogP contribution in [0.25, 0.3) is 10.2 Å². The molecule has 0 saturated carbocycles. The molecule has 0 aliphatic carbocycles. The molecule has 0 aliphatic heterocycles. The van der Waals surface area contributed by atoms with E-state index in [1.165, 1.54) is 11.3 Å². The molecule has 1 aromatic carbocycles. The van der Waals surface area contributed by atoms with E-state index in [0.717, 1.165) is 22.5 Å². The third kappa shape index (κ3) is 5.36. The fourth-order valence-electron chi connectivity index (χ4n) is 2.75. The number of thiazole rings is 1. The highest BCUT2D eigenvalue weighted by atomic mass is 35.5. The zero-order valence-corrected chi connectivity index (χ0v) is 19.2. The number of carbonyl (C=O) groups is 1. The standard InChI is InChI=1S/C19H22ClN3O2S2.ClH/c1-22(2)9-5-10-23(16(24)12-13-6-4-11-26-13)19-21-17-15(25-3)8-7-14(20)18(17)27-19;/h4,6-8,11H,5,9-10,12H2,1-3H3;1H. The van der Waals surface area contributed by atoms with Crippen LogP contribution < -0.4 is 9.64 Å². The highest BCUT2D eigenvalue weighted by molar-refractivity contribution is 7.23. The summed E-state index contributed by atoms with van der Waals surface area (Å²) in [5.74, 6) is 0.709. The van der Waals surface area contributed by atoms with Crippen LogP contribution in [0.5, 0.6) is 5.75 Å². The van der Waals surface area contributed by atoms with Crippen LogP contribution in [0.2, 0.25) is 5.02 Å². The number of amides is 1. The summed E-state index contributed by atoms with van der Waals surface area (Å²) in [6.45, 7) is 1.51. The van der Waals surface area contributed by atoms with Crippen molar-refractivity contribution in [2.24, 2.45) is 0 Å². The second kappa shape index (κ2) is 10.4. The number of thiophene rings is 1. The van der Waals surface area contributed by atoms with Crippen molar-refractivity contribution in [3.8, 4) is 5.75 Å². The van der Waals surface area contributed by atoms with E-state index >= 15 is 0 Å². The van der Waals surface area contributed by atoms with Gasteiger partial charge in [-0.1, -0.05) is 29.0 Å². The van der Waals surface area contributed by atoms with Gasteiger partial charge in [0.25, 0.3) is 0 Å². The predicted molar refractivity (Wildman–Crippen MR) is 122 cm³/mol. The van der Waals surface area contributed by atoms with Crippen LogP contribution in [-0.4, -0.2) is 50.1 Å². The van der Waals surface area contributed by atoms with Crippen molar-refractivity contribution in [1.29, 1.82) is 0 Å². The molecular weight excluding hydrogens is 437 g/mol. The summed E-state index contributed by atoms with van der Waals surface area (Å²) < 4.78 is 6.25. The van der Waals surface area contributed by atoms with Gasteiger partial charge < -0.3 is 9.64 Å². The molecule has 0 aliphatic rings. The monoisotopic (exact) mass is 459 g/mol. The van der Waals surface area contributed by atoms with Crippen molar-refractivity contribution < 1.29 is 9.53 Å². The van der Waals surface area contributed by atoms with E-state index in [4.69, 9.17) is 21.3 Å². The minimum absolute atomic E-state index is 0. The first-order valence-electron chi connectivity index (χ1n) is 8.60. The van der Waals surface area contributed by atoms with Crippen molar-refractivity contribution in [2.45, 2.75) is 12.8 Å².